The lowest BCUT2D eigenvalue weighted by molar-refractivity contribution is 0.344. The molecule has 0 saturated heterocycles. The molecule has 114 valence electrons. The monoisotopic (exact) mass is 334 g/mol. The zero-order chi connectivity index (χ0) is 15.4. The number of aromatic nitrogens is 2. The van der Waals surface area contributed by atoms with Gasteiger partial charge in [-0.2, -0.15) is 0 Å². The van der Waals surface area contributed by atoms with Gasteiger partial charge >= 0.3 is 0 Å². The lowest BCUT2D eigenvalue weighted by atomic mass is 10.3. The van der Waals surface area contributed by atoms with Crippen molar-refractivity contribution in [2.45, 2.75) is 5.16 Å². The SMILES string of the molecule is COc1ccc2nc(SCCOc3ccccc3Cl)[nH]c2c1. The summed E-state index contributed by atoms with van der Waals surface area (Å²) >= 11 is 7.65. The molecule has 0 fully saturated rings. The van der Waals surface area contributed by atoms with Gasteiger partial charge in [-0.05, 0) is 24.3 Å². The van der Waals surface area contributed by atoms with Gasteiger partial charge in [0.15, 0.2) is 5.16 Å². The van der Waals surface area contributed by atoms with Crippen molar-refractivity contribution in [3.63, 3.8) is 0 Å². The van der Waals surface area contributed by atoms with Crippen molar-refractivity contribution in [2.24, 2.45) is 0 Å². The van der Waals surface area contributed by atoms with Gasteiger partial charge in [-0.15, -0.1) is 0 Å². The number of benzene rings is 2. The minimum Gasteiger partial charge on any atom is -0.497 e. The molecular formula is C16H15ClN2O2S. The van der Waals surface area contributed by atoms with E-state index in [4.69, 9.17) is 21.1 Å². The average Bonchev–Trinajstić information content (AvgIpc) is 2.94. The van der Waals surface area contributed by atoms with E-state index in [1.807, 2.05) is 42.5 Å². The summed E-state index contributed by atoms with van der Waals surface area (Å²) in [6, 6.07) is 13.2. The first-order valence-corrected chi connectivity index (χ1v) is 8.16. The lowest BCUT2D eigenvalue weighted by Gasteiger charge is -2.06. The maximum atomic E-state index is 6.04. The molecule has 1 aromatic heterocycles. The van der Waals surface area contributed by atoms with Gasteiger partial charge in [-0.1, -0.05) is 35.5 Å². The van der Waals surface area contributed by atoms with E-state index in [-0.39, 0.29) is 0 Å². The fourth-order valence-electron chi connectivity index (χ4n) is 2.01. The number of nitrogens with one attached hydrogen (secondary N) is 1. The topological polar surface area (TPSA) is 47.1 Å². The van der Waals surface area contributed by atoms with Crippen molar-refractivity contribution in [1.29, 1.82) is 0 Å². The number of nitrogens with zero attached hydrogens (tertiary/aromatic N) is 1. The third kappa shape index (κ3) is 3.48. The minimum absolute atomic E-state index is 0.564. The average molecular weight is 335 g/mol. The number of rotatable bonds is 6. The van der Waals surface area contributed by atoms with E-state index in [0.717, 1.165) is 27.7 Å². The second-order valence-corrected chi connectivity index (χ2v) is 6.04. The molecule has 1 heterocycles. The quantitative estimate of drug-likeness (QED) is 0.536. The Morgan fingerprint density at radius 1 is 1.23 bits per heavy atom. The highest BCUT2D eigenvalue weighted by atomic mass is 35.5. The number of hydrogen-bond acceptors (Lipinski definition) is 4. The molecule has 2 aromatic carbocycles. The van der Waals surface area contributed by atoms with Gasteiger partial charge in [0.1, 0.15) is 11.5 Å². The molecule has 0 aliphatic heterocycles. The Morgan fingerprint density at radius 3 is 2.91 bits per heavy atom. The van der Waals surface area contributed by atoms with E-state index < -0.39 is 0 Å². The van der Waals surface area contributed by atoms with E-state index in [9.17, 15) is 0 Å². The molecule has 4 nitrogen and oxygen atoms in total. The van der Waals surface area contributed by atoms with Crippen LogP contribution in [-0.4, -0.2) is 29.4 Å². The summed E-state index contributed by atoms with van der Waals surface area (Å²) in [6.07, 6.45) is 0. The maximum Gasteiger partial charge on any atom is 0.166 e. The third-order valence-corrected chi connectivity index (χ3v) is 4.23. The number of imidazole rings is 1. The highest BCUT2D eigenvalue weighted by Gasteiger charge is 2.05. The van der Waals surface area contributed by atoms with Crippen LogP contribution in [0.2, 0.25) is 5.02 Å². The Kier molecular flexibility index (Phi) is 4.75. The molecule has 0 aliphatic rings. The van der Waals surface area contributed by atoms with Gasteiger partial charge in [-0.3, -0.25) is 0 Å². The van der Waals surface area contributed by atoms with Crippen LogP contribution < -0.4 is 9.47 Å². The maximum absolute atomic E-state index is 6.04. The smallest absolute Gasteiger partial charge is 0.166 e. The van der Waals surface area contributed by atoms with Crippen molar-refractivity contribution < 1.29 is 9.47 Å². The van der Waals surface area contributed by atoms with Crippen LogP contribution in [0.5, 0.6) is 11.5 Å². The molecule has 0 radical (unpaired) electrons. The predicted octanol–water partition coefficient (Wildman–Crippen LogP) is 4.40. The van der Waals surface area contributed by atoms with Gasteiger partial charge in [0.2, 0.25) is 0 Å². The number of hydrogen-bond donors (Lipinski definition) is 1. The van der Waals surface area contributed by atoms with Crippen LogP contribution in [0.3, 0.4) is 0 Å². The number of halogens is 1. The molecule has 22 heavy (non-hydrogen) atoms. The summed E-state index contributed by atoms with van der Waals surface area (Å²) in [5.74, 6) is 2.30. The summed E-state index contributed by atoms with van der Waals surface area (Å²) < 4.78 is 10.9. The van der Waals surface area contributed by atoms with Crippen molar-refractivity contribution in [2.75, 3.05) is 19.5 Å². The molecule has 0 aliphatic carbocycles. The number of fused-ring (bicyclic) bond motifs is 1. The van der Waals surface area contributed by atoms with Crippen molar-refractivity contribution in [3.05, 3.63) is 47.5 Å². The largest absolute Gasteiger partial charge is 0.497 e. The van der Waals surface area contributed by atoms with Crippen LogP contribution in [0.15, 0.2) is 47.6 Å². The fourth-order valence-corrected chi connectivity index (χ4v) is 2.91. The molecule has 6 heteroatoms. The first-order valence-electron chi connectivity index (χ1n) is 6.80. The number of methoxy groups -OCH3 is 1. The van der Waals surface area contributed by atoms with Crippen LogP contribution in [-0.2, 0) is 0 Å². The van der Waals surface area contributed by atoms with Gasteiger partial charge < -0.3 is 14.5 Å². The number of ether oxygens (including phenoxy) is 2. The van der Waals surface area contributed by atoms with E-state index in [2.05, 4.69) is 9.97 Å². The summed E-state index contributed by atoms with van der Waals surface area (Å²) in [4.78, 5) is 7.79. The first-order chi connectivity index (χ1) is 10.8. The van der Waals surface area contributed by atoms with Crippen LogP contribution in [0, 0.1) is 0 Å². The third-order valence-electron chi connectivity index (χ3n) is 3.08. The summed E-state index contributed by atoms with van der Waals surface area (Å²) in [7, 11) is 1.65. The molecule has 0 bridgehead atoms. The minimum atomic E-state index is 0.564. The number of para-hydroxylation sites is 1. The molecule has 3 rings (SSSR count). The summed E-state index contributed by atoms with van der Waals surface area (Å²) in [5, 5.41) is 1.49. The fraction of sp³-hybridized carbons (Fsp3) is 0.188. The molecular weight excluding hydrogens is 320 g/mol. The van der Waals surface area contributed by atoms with Gasteiger partial charge in [-0.25, -0.2) is 4.98 Å². The zero-order valence-corrected chi connectivity index (χ0v) is 13.6. The second-order valence-electron chi connectivity index (χ2n) is 4.55. The number of H-pyrrole nitrogens is 1. The Hall–Kier alpha value is -1.85. The second kappa shape index (κ2) is 6.94. The Labute approximate surface area is 137 Å². The normalized spacial score (nSPS) is 10.8. The van der Waals surface area contributed by atoms with Crippen molar-refractivity contribution >= 4 is 34.4 Å². The number of aromatic amines is 1. The first kappa shape index (κ1) is 15.1. The van der Waals surface area contributed by atoms with E-state index in [0.29, 0.717) is 17.4 Å². The van der Waals surface area contributed by atoms with E-state index >= 15 is 0 Å². The lowest BCUT2D eigenvalue weighted by Crippen LogP contribution is -2.00. The highest BCUT2D eigenvalue weighted by Crippen LogP contribution is 2.25. The van der Waals surface area contributed by atoms with E-state index in [1.54, 1.807) is 18.9 Å². The van der Waals surface area contributed by atoms with Gasteiger partial charge in [0, 0.05) is 11.8 Å². The van der Waals surface area contributed by atoms with Gasteiger partial charge in [0.25, 0.3) is 0 Å². The zero-order valence-electron chi connectivity index (χ0n) is 12.0. The molecule has 0 spiro atoms. The standard InChI is InChI=1S/C16H15ClN2O2S/c1-20-11-6-7-13-14(10-11)19-16(18-13)22-9-8-21-15-5-3-2-4-12(15)17/h2-7,10H,8-9H2,1H3,(H,18,19). The Balaban J connectivity index is 1.56. The molecule has 3 aromatic rings. The van der Waals surface area contributed by atoms with Gasteiger partial charge in [0.05, 0.1) is 29.8 Å². The Morgan fingerprint density at radius 2 is 2.09 bits per heavy atom. The summed E-state index contributed by atoms with van der Waals surface area (Å²) in [5.41, 5.74) is 1.89. The van der Waals surface area contributed by atoms with Crippen molar-refractivity contribution in [1.82, 2.24) is 9.97 Å². The molecule has 1 N–H and O–H groups in total. The predicted molar refractivity (Wildman–Crippen MR) is 90.3 cm³/mol. The van der Waals surface area contributed by atoms with Crippen LogP contribution in [0.1, 0.15) is 0 Å². The van der Waals surface area contributed by atoms with Crippen LogP contribution >= 0.6 is 23.4 Å². The summed E-state index contributed by atoms with van der Waals surface area (Å²) in [6.45, 7) is 0.564. The molecule has 0 atom stereocenters. The number of thioether (sulfide) groups is 1. The molecule has 0 saturated carbocycles. The van der Waals surface area contributed by atoms with E-state index in [1.165, 1.54) is 0 Å². The van der Waals surface area contributed by atoms with Crippen molar-refractivity contribution in [3.8, 4) is 11.5 Å². The van der Waals surface area contributed by atoms with Crippen LogP contribution in [0.4, 0.5) is 0 Å². The Bertz CT molecular complexity index is 776. The molecule has 0 amide bonds. The highest BCUT2D eigenvalue weighted by molar-refractivity contribution is 7.99. The van der Waals surface area contributed by atoms with Crippen LogP contribution in [0.25, 0.3) is 11.0 Å². The molecule has 0 unspecified atom stereocenters.